The highest BCUT2D eigenvalue weighted by Crippen LogP contribution is 2.20. The van der Waals surface area contributed by atoms with E-state index in [2.05, 4.69) is 20.9 Å². The standard InChI is InChI=1S/C31H41N5O5/c1-5-19(4)27(31(40)41)36-29(38)25(16-21-17-33-23-14-10-9-13-22(21)23)34-28(37)24(15-20-11-7-6-8-12-20)35-30(39)26(32)18(2)3/h6-14,17-19,24-27,33H,5,15-16,32H2,1-4H3,(H,34,37)(H,35,39)(H,36,38)(H,40,41). The van der Waals surface area contributed by atoms with Gasteiger partial charge in [0.2, 0.25) is 17.7 Å². The highest BCUT2D eigenvalue weighted by Gasteiger charge is 2.33. The van der Waals surface area contributed by atoms with Crippen molar-refractivity contribution in [3.8, 4) is 0 Å². The molecule has 10 heteroatoms. The summed E-state index contributed by atoms with van der Waals surface area (Å²) in [6.45, 7) is 7.22. The molecule has 0 saturated carbocycles. The van der Waals surface area contributed by atoms with E-state index in [1.807, 2.05) is 75.4 Å². The number of carbonyl (C=O) groups is 4. The zero-order valence-corrected chi connectivity index (χ0v) is 24.0. The van der Waals surface area contributed by atoms with Crippen LogP contribution in [-0.2, 0) is 32.0 Å². The molecule has 1 heterocycles. The first-order chi connectivity index (χ1) is 19.5. The number of nitrogens with two attached hydrogens (primary N) is 1. The first-order valence-corrected chi connectivity index (χ1v) is 14.0. The molecule has 0 aliphatic heterocycles. The summed E-state index contributed by atoms with van der Waals surface area (Å²) in [4.78, 5) is 55.3. The van der Waals surface area contributed by atoms with Gasteiger partial charge >= 0.3 is 5.97 Å². The fraction of sp³-hybridized carbons (Fsp3) is 0.419. The number of hydrogen-bond donors (Lipinski definition) is 6. The van der Waals surface area contributed by atoms with Crippen molar-refractivity contribution in [1.29, 1.82) is 0 Å². The third-order valence-corrected chi connectivity index (χ3v) is 7.45. The van der Waals surface area contributed by atoms with Crippen LogP contribution in [0.15, 0.2) is 60.8 Å². The zero-order chi connectivity index (χ0) is 30.1. The summed E-state index contributed by atoms with van der Waals surface area (Å²) in [5.41, 5.74) is 8.51. The zero-order valence-electron chi connectivity index (χ0n) is 24.0. The second-order valence-electron chi connectivity index (χ2n) is 10.9. The van der Waals surface area contributed by atoms with E-state index in [1.54, 1.807) is 13.1 Å². The van der Waals surface area contributed by atoms with E-state index < -0.39 is 47.9 Å². The van der Waals surface area contributed by atoms with E-state index in [1.165, 1.54) is 0 Å². The molecule has 5 unspecified atom stereocenters. The molecule has 3 rings (SSSR count). The van der Waals surface area contributed by atoms with Crippen molar-refractivity contribution in [2.75, 3.05) is 0 Å². The number of H-pyrrole nitrogens is 1. The van der Waals surface area contributed by atoms with Crippen LogP contribution in [0.5, 0.6) is 0 Å². The smallest absolute Gasteiger partial charge is 0.326 e. The summed E-state index contributed by atoms with van der Waals surface area (Å²) in [6, 6.07) is 12.7. The third kappa shape index (κ3) is 8.40. The lowest BCUT2D eigenvalue weighted by molar-refractivity contribution is -0.143. The molecule has 0 saturated heterocycles. The van der Waals surface area contributed by atoms with Gasteiger partial charge < -0.3 is 31.8 Å². The Labute approximate surface area is 240 Å². The summed E-state index contributed by atoms with van der Waals surface area (Å²) < 4.78 is 0. The van der Waals surface area contributed by atoms with Gasteiger partial charge in [-0.2, -0.15) is 0 Å². The second-order valence-corrected chi connectivity index (χ2v) is 10.9. The molecule has 0 aliphatic rings. The van der Waals surface area contributed by atoms with Crippen LogP contribution >= 0.6 is 0 Å². The van der Waals surface area contributed by atoms with Gasteiger partial charge in [-0.05, 0) is 29.0 Å². The average molecular weight is 564 g/mol. The summed E-state index contributed by atoms with van der Waals surface area (Å²) >= 11 is 0. The molecular formula is C31H41N5O5. The minimum atomic E-state index is -1.15. The number of aromatic nitrogens is 1. The van der Waals surface area contributed by atoms with Crippen molar-refractivity contribution in [3.05, 3.63) is 71.9 Å². The predicted octanol–water partition coefficient (Wildman–Crippen LogP) is 2.52. The number of amides is 3. The number of carboxylic acid groups (broad SMARTS) is 1. The van der Waals surface area contributed by atoms with E-state index in [0.717, 1.165) is 22.0 Å². The highest BCUT2D eigenvalue weighted by molar-refractivity contribution is 5.95. The molecule has 3 amide bonds. The molecule has 0 bridgehead atoms. The Bertz CT molecular complexity index is 1340. The molecular weight excluding hydrogens is 522 g/mol. The van der Waals surface area contributed by atoms with E-state index in [9.17, 15) is 24.3 Å². The molecule has 0 fully saturated rings. The lowest BCUT2D eigenvalue weighted by atomic mass is 9.97. The number of benzene rings is 2. The molecule has 5 atom stereocenters. The van der Waals surface area contributed by atoms with Gasteiger partial charge in [0.25, 0.3) is 0 Å². The van der Waals surface area contributed by atoms with Gasteiger partial charge in [0.1, 0.15) is 18.1 Å². The molecule has 3 aromatic rings. The number of fused-ring (bicyclic) bond motifs is 1. The van der Waals surface area contributed by atoms with Gasteiger partial charge in [-0.15, -0.1) is 0 Å². The summed E-state index contributed by atoms with van der Waals surface area (Å²) in [7, 11) is 0. The van der Waals surface area contributed by atoms with Crippen LogP contribution in [-0.4, -0.2) is 57.9 Å². The molecule has 0 spiro atoms. The maximum absolute atomic E-state index is 13.7. The Kier molecular flexibility index (Phi) is 11.0. The number of aliphatic carboxylic acids is 1. The highest BCUT2D eigenvalue weighted by atomic mass is 16.4. The van der Waals surface area contributed by atoms with Gasteiger partial charge in [-0.3, -0.25) is 14.4 Å². The van der Waals surface area contributed by atoms with E-state index in [0.29, 0.717) is 6.42 Å². The van der Waals surface area contributed by atoms with Gasteiger partial charge in [-0.25, -0.2) is 4.79 Å². The van der Waals surface area contributed by atoms with E-state index >= 15 is 0 Å². The maximum atomic E-state index is 13.7. The van der Waals surface area contributed by atoms with E-state index in [4.69, 9.17) is 5.73 Å². The van der Waals surface area contributed by atoms with Gasteiger partial charge in [0.15, 0.2) is 0 Å². The lowest BCUT2D eigenvalue weighted by Crippen LogP contribution is -2.59. The van der Waals surface area contributed by atoms with Crippen LogP contribution in [0.3, 0.4) is 0 Å². The van der Waals surface area contributed by atoms with Crippen LogP contribution in [0, 0.1) is 11.8 Å². The fourth-order valence-electron chi connectivity index (χ4n) is 4.57. The Morgan fingerprint density at radius 2 is 1.41 bits per heavy atom. The monoisotopic (exact) mass is 563 g/mol. The van der Waals surface area contributed by atoms with Gasteiger partial charge in [-0.1, -0.05) is 82.6 Å². The average Bonchev–Trinajstić information content (AvgIpc) is 3.37. The van der Waals surface area contributed by atoms with Crippen LogP contribution in [0.2, 0.25) is 0 Å². The first kappa shape index (κ1) is 31.3. The van der Waals surface area contributed by atoms with Crippen LogP contribution in [0.1, 0.15) is 45.2 Å². The predicted molar refractivity (Wildman–Crippen MR) is 158 cm³/mol. The molecule has 0 radical (unpaired) electrons. The molecule has 7 N–H and O–H groups in total. The van der Waals surface area contributed by atoms with Crippen molar-refractivity contribution >= 4 is 34.6 Å². The van der Waals surface area contributed by atoms with Gasteiger partial charge in [0, 0.05) is 29.9 Å². The number of nitrogens with one attached hydrogen (secondary N) is 4. The number of aromatic amines is 1. The number of para-hydroxylation sites is 1. The molecule has 10 nitrogen and oxygen atoms in total. The summed E-state index contributed by atoms with van der Waals surface area (Å²) in [6.07, 6.45) is 2.59. The lowest BCUT2D eigenvalue weighted by Gasteiger charge is -2.27. The van der Waals surface area contributed by atoms with Crippen molar-refractivity contribution in [2.45, 2.75) is 71.1 Å². The van der Waals surface area contributed by atoms with E-state index in [-0.39, 0.29) is 24.7 Å². The SMILES string of the molecule is CCC(C)C(NC(=O)C(Cc1c[nH]c2ccccc12)NC(=O)C(Cc1ccccc1)NC(=O)C(N)C(C)C)C(=O)O. The summed E-state index contributed by atoms with van der Waals surface area (Å²) in [5.74, 6) is -3.31. The van der Waals surface area contributed by atoms with Crippen molar-refractivity contribution in [2.24, 2.45) is 17.6 Å². The topological polar surface area (TPSA) is 166 Å². The Morgan fingerprint density at radius 3 is 2.05 bits per heavy atom. The minimum absolute atomic E-state index is 0.103. The quantitative estimate of drug-likeness (QED) is 0.176. The number of carboxylic acids is 1. The van der Waals surface area contributed by atoms with Crippen LogP contribution < -0.4 is 21.7 Å². The summed E-state index contributed by atoms with van der Waals surface area (Å²) in [5, 5.41) is 18.8. The minimum Gasteiger partial charge on any atom is -0.480 e. The molecule has 2 aromatic carbocycles. The van der Waals surface area contributed by atoms with Crippen molar-refractivity contribution in [3.63, 3.8) is 0 Å². The largest absolute Gasteiger partial charge is 0.480 e. The van der Waals surface area contributed by atoms with Crippen molar-refractivity contribution < 1.29 is 24.3 Å². The van der Waals surface area contributed by atoms with Crippen LogP contribution in [0.25, 0.3) is 10.9 Å². The molecule has 1 aromatic heterocycles. The molecule has 0 aliphatic carbocycles. The second kappa shape index (κ2) is 14.5. The maximum Gasteiger partial charge on any atom is 0.326 e. The van der Waals surface area contributed by atoms with Gasteiger partial charge in [0.05, 0.1) is 6.04 Å². The Balaban J connectivity index is 1.92. The van der Waals surface area contributed by atoms with Crippen LogP contribution in [0.4, 0.5) is 0 Å². The normalized spacial score (nSPS) is 15.0. The Hall–Kier alpha value is -4.18. The number of hydrogen-bond acceptors (Lipinski definition) is 5. The molecule has 220 valence electrons. The van der Waals surface area contributed by atoms with Crippen molar-refractivity contribution in [1.82, 2.24) is 20.9 Å². The first-order valence-electron chi connectivity index (χ1n) is 14.0. The molecule has 41 heavy (non-hydrogen) atoms. The number of rotatable bonds is 14. The number of carbonyl (C=O) groups excluding carboxylic acids is 3. The Morgan fingerprint density at radius 1 is 0.829 bits per heavy atom. The third-order valence-electron chi connectivity index (χ3n) is 7.45. The fourth-order valence-corrected chi connectivity index (χ4v) is 4.57.